The second kappa shape index (κ2) is 8.55. The van der Waals surface area contributed by atoms with Crippen LogP contribution in [0.4, 0.5) is 5.69 Å². The summed E-state index contributed by atoms with van der Waals surface area (Å²) in [5.74, 6) is 0.373. The van der Waals surface area contributed by atoms with Crippen LogP contribution in [0.15, 0.2) is 24.3 Å². The first-order valence-electron chi connectivity index (χ1n) is 9.06. The number of nitriles is 1. The molecule has 2 heterocycles. The zero-order valence-corrected chi connectivity index (χ0v) is 15.3. The normalized spacial score (nSPS) is 21.8. The van der Waals surface area contributed by atoms with E-state index in [2.05, 4.69) is 21.9 Å². The predicted octanol–water partition coefficient (Wildman–Crippen LogP) is 2.61. The molecule has 0 spiro atoms. The highest BCUT2D eigenvalue weighted by Gasteiger charge is 2.30. The van der Waals surface area contributed by atoms with Crippen LogP contribution in [-0.2, 0) is 4.79 Å². The van der Waals surface area contributed by atoms with E-state index >= 15 is 0 Å². The molecule has 6 heteroatoms. The molecule has 1 aromatic carbocycles. The second-order valence-electron chi connectivity index (χ2n) is 6.84. The van der Waals surface area contributed by atoms with Crippen molar-refractivity contribution >= 4 is 23.2 Å². The summed E-state index contributed by atoms with van der Waals surface area (Å²) in [6.45, 7) is 5.81. The number of halogens is 1. The summed E-state index contributed by atoms with van der Waals surface area (Å²) in [7, 11) is 0. The Morgan fingerprint density at radius 3 is 2.76 bits per heavy atom. The third-order valence-corrected chi connectivity index (χ3v) is 5.39. The number of carbonyl (C=O) groups excluding carboxylic acids is 1. The van der Waals surface area contributed by atoms with Crippen LogP contribution in [0.1, 0.15) is 19.3 Å². The molecule has 1 amide bonds. The Labute approximate surface area is 154 Å². The Hall–Kier alpha value is -1.77. The van der Waals surface area contributed by atoms with Gasteiger partial charge in [0.05, 0.1) is 12.0 Å². The fourth-order valence-corrected chi connectivity index (χ4v) is 3.97. The van der Waals surface area contributed by atoms with Gasteiger partial charge in [0, 0.05) is 56.4 Å². The molecule has 5 nitrogen and oxygen atoms in total. The number of rotatable bonds is 4. The van der Waals surface area contributed by atoms with Crippen LogP contribution in [0.2, 0.25) is 5.02 Å². The lowest BCUT2D eigenvalue weighted by atomic mass is 9.96. The van der Waals surface area contributed by atoms with E-state index in [1.54, 1.807) is 0 Å². The van der Waals surface area contributed by atoms with E-state index in [0.717, 1.165) is 69.4 Å². The molecule has 0 radical (unpaired) electrons. The number of carbonyl (C=O) groups is 1. The fraction of sp³-hybridized carbons (Fsp3) is 0.579. The Morgan fingerprint density at radius 2 is 2.04 bits per heavy atom. The highest BCUT2D eigenvalue weighted by Crippen LogP contribution is 2.23. The van der Waals surface area contributed by atoms with E-state index in [9.17, 15) is 4.79 Å². The van der Waals surface area contributed by atoms with Crippen LogP contribution in [0.25, 0.3) is 0 Å². The Bertz CT molecular complexity index is 637. The van der Waals surface area contributed by atoms with E-state index in [-0.39, 0.29) is 11.8 Å². The molecule has 25 heavy (non-hydrogen) atoms. The van der Waals surface area contributed by atoms with Crippen LogP contribution >= 0.6 is 11.6 Å². The molecule has 2 aliphatic rings. The lowest BCUT2D eigenvalue weighted by molar-refractivity contribution is -0.137. The van der Waals surface area contributed by atoms with E-state index in [1.165, 1.54) is 0 Å². The van der Waals surface area contributed by atoms with Crippen LogP contribution in [0.5, 0.6) is 0 Å². The van der Waals surface area contributed by atoms with Crippen molar-refractivity contribution < 1.29 is 4.79 Å². The van der Waals surface area contributed by atoms with Gasteiger partial charge in [-0.25, -0.2) is 0 Å². The highest BCUT2D eigenvalue weighted by atomic mass is 35.5. The number of piperidine rings is 1. The third kappa shape index (κ3) is 4.65. The maximum Gasteiger partial charge on any atom is 0.227 e. The van der Waals surface area contributed by atoms with Crippen molar-refractivity contribution in [1.82, 2.24) is 9.80 Å². The van der Waals surface area contributed by atoms with Crippen LogP contribution in [-0.4, -0.2) is 61.5 Å². The highest BCUT2D eigenvalue weighted by molar-refractivity contribution is 6.30. The molecular formula is C19H25ClN4O. The molecular weight excluding hydrogens is 336 g/mol. The van der Waals surface area contributed by atoms with Gasteiger partial charge in [-0.3, -0.25) is 4.79 Å². The van der Waals surface area contributed by atoms with Gasteiger partial charge in [0.2, 0.25) is 5.91 Å². The van der Waals surface area contributed by atoms with Crippen LogP contribution in [0, 0.1) is 17.2 Å². The van der Waals surface area contributed by atoms with Gasteiger partial charge in [0.25, 0.3) is 0 Å². The second-order valence-corrected chi connectivity index (χ2v) is 7.28. The van der Waals surface area contributed by atoms with Gasteiger partial charge in [-0.1, -0.05) is 17.7 Å². The number of likely N-dealkylation sites (tertiary alicyclic amines) is 1. The molecule has 1 aromatic rings. The minimum Gasteiger partial charge on any atom is -0.368 e. The zero-order chi connectivity index (χ0) is 17.6. The predicted molar refractivity (Wildman–Crippen MR) is 99.6 cm³/mol. The first-order chi connectivity index (χ1) is 12.2. The quantitative estimate of drug-likeness (QED) is 0.828. The van der Waals surface area contributed by atoms with Gasteiger partial charge < -0.3 is 14.7 Å². The number of hydrogen-bond donors (Lipinski definition) is 0. The molecule has 134 valence electrons. The molecule has 0 aliphatic carbocycles. The zero-order valence-electron chi connectivity index (χ0n) is 14.5. The molecule has 0 aromatic heterocycles. The first-order valence-corrected chi connectivity index (χ1v) is 9.44. The van der Waals surface area contributed by atoms with E-state index in [4.69, 9.17) is 16.9 Å². The summed E-state index contributed by atoms with van der Waals surface area (Å²) >= 11 is 6.08. The van der Waals surface area contributed by atoms with Gasteiger partial charge in [0.15, 0.2) is 0 Å². The van der Waals surface area contributed by atoms with Crippen molar-refractivity contribution in [3.8, 4) is 6.07 Å². The largest absolute Gasteiger partial charge is 0.368 e. The molecule has 1 atom stereocenters. The molecule has 0 N–H and O–H groups in total. The number of piperazine rings is 1. The number of benzene rings is 1. The molecule has 0 bridgehead atoms. The minimum absolute atomic E-state index is 0.0881. The minimum atomic E-state index is 0.0881. The smallest absolute Gasteiger partial charge is 0.227 e. The molecule has 2 aliphatic heterocycles. The lowest BCUT2D eigenvalue weighted by Crippen LogP contribution is -2.52. The van der Waals surface area contributed by atoms with Gasteiger partial charge >= 0.3 is 0 Å². The van der Waals surface area contributed by atoms with Gasteiger partial charge in [-0.05, 0) is 37.6 Å². The maximum absolute atomic E-state index is 12.9. The van der Waals surface area contributed by atoms with Crippen molar-refractivity contribution in [1.29, 1.82) is 5.26 Å². The molecule has 2 saturated heterocycles. The SMILES string of the molecule is N#CCCN1CCCC(C(=O)N2CCN(c3cccc(Cl)c3)CC2)C1. The molecule has 1 unspecified atom stereocenters. The van der Waals surface area contributed by atoms with Crippen molar-refractivity contribution in [3.05, 3.63) is 29.3 Å². The summed E-state index contributed by atoms with van der Waals surface area (Å²) < 4.78 is 0. The standard InChI is InChI=1S/C19H25ClN4O/c20-17-5-1-6-18(14-17)23-10-12-24(13-11-23)19(25)16-4-2-8-22(15-16)9-3-7-21/h1,5-6,14,16H,2-4,8-13,15H2. The topological polar surface area (TPSA) is 50.6 Å². The van der Waals surface area contributed by atoms with Crippen LogP contribution in [0.3, 0.4) is 0 Å². The van der Waals surface area contributed by atoms with E-state index < -0.39 is 0 Å². The van der Waals surface area contributed by atoms with Crippen molar-refractivity contribution in [2.45, 2.75) is 19.3 Å². The van der Waals surface area contributed by atoms with E-state index in [0.29, 0.717) is 6.42 Å². The average molecular weight is 361 g/mol. The van der Waals surface area contributed by atoms with Crippen molar-refractivity contribution in [2.24, 2.45) is 5.92 Å². The monoisotopic (exact) mass is 360 g/mol. The Balaban J connectivity index is 1.52. The number of nitrogens with zero attached hydrogens (tertiary/aromatic N) is 4. The van der Waals surface area contributed by atoms with E-state index in [1.807, 2.05) is 23.1 Å². The van der Waals surface area contributed by atoms with Crippen molar-refractivity contribution in [3.63, 3.8) is 0 Å². The third-order valence-electron chi connectivity index (χ3n) is 5.16. The fourth-order valence-electron chi connectivity index (χ4n) is 3.78. The summed E-state index contributed by atoms with van der Waals surface area (Å²) in [6, 6.07) is 10.1. The molecule has 0 saturated carbocycles. The van der Waals surface area contributed by atoms with Gasteiger partial charge in [-0.2, -0.15) is 5.26 Å². The average Bonchev–Trinajstić information content (AvgIpc) is 2.66. The van der Waals surface area contributed by atoms with Crippen molar-refractivity contribution in [2.75, 3.05) is 50.7 Å². The Morgan fingerprint density at radius 1 is 1.24 bits per heavy atom. The number of anilines is 1. The lowest BCUT2D eigenvalue weighted by Gasteiger charge is -2.39. The van der Waals surface area contributed by atoms with Crippen LogP contribution < -0.4 is 4.90 Å². The van der Waals surface area contributed by atoms with Gasteiger partial charge in [0.1, 0.15) is 0 Å². The summed E-state index contributed by atoms with van der Waals surface area (Å²) in [5.41, 5.74) is 1.12. The molecule has 2 fully saturated rings. The summed E-state index contributed by atoms with van der Waals surface area (Å²) in [6.07, 6.45) is 2.56. The maximum atomic E-state index is 12.9. The molecule has 3 rings (SSSR count). The number of hydrogen-bond acceptors (Lipinski definition) is 4. The summed E-state index contributed by atoms with van der Waals surface area (Å²) in [4.78, 5) is 19.4. The van der Waals surface area contributed by atoms with Gasteiger partial charge in [-0.15, -0.1) is 0 Å². The summed E-state index contributed by atoms with van der Waals surface area (Å²) in [5, 5.41) is 9.49. The Kier molecular flexibility index (Phi) is 6.17. The first kappa shape index (κ1) is 18.0. The number of amides is 1.